The van der Waals surface area contributed by atoms with Gasteiger partial charge in [0.15, 0.2) is 0 Å². The van der Waals surface area contributed by atoms with Crippen LogP contribution in [-0.4, -0.2) is 27.5 Å². The van der Waals surface area contributed by atoms with Gasteiger partial charge in [-0.3, -0.25) is 0 Å². The Morgan fingerprint density at radius 1 is 0.391 bits per heavy atom. The van der Waals surface area contributed by atoms with Gasteiger partial charge in [0.25, 0.3) is 0 Å². The zero-order valence-corrected chi connectivity index (χ0v) is 29.7. The molecule has 0 aliphatic carbocycles. The van der Waals surface area contributed by atoms with Gasteiger partial charge in [-0.25, -0.2) is 0 Å². The largest absolute Gasteiger partial charge is 0.497 e. The fourth-order valence-corrected chi connectivity index (χ4v) is 5.11. The van der Waals surface area contributed by atoms with Crippen molar-refractivity contribution in [1.82, 2.24) is 20.4 Å². The maximum Gasteiger partial charge on any atom is 0.248 e. The fourth-order valence-electron chi connectivity index (χ4n) is 5.11. The van der Waals surface area contributed by atoms with Gasteiger partial charge in [0.1, 0.15) is 5.75 Å². The summed E-state index contributed by atoms with van der Waals surface area (Å²) < 4.78 is 18.3. The van der Waals surface area contributed by atoms with Crippen LogP contribution in [0.3, 0.4) is 0 Å². The van der Waals surface area contributed by atoms with Crippen molar-refractivity contribution in [2.45, 2.75) is 105 Å². The molecule has 0 aliphatic heterocycles. The van der Waals surface area contributed by atoms with E-state index in [0.717, 1.165) is 11.1 Å². The lowest BCUT2D eigenvalue weighted by atomic mass is 9.79. The molecule has 0 saturated heterocycles. The van der Waals surface area contributed by atoms with Gasteiger partial charge < -0.3 is 13.6 Å². The van der Waals surface area contributed by atoms with E-state index >= 15 is 0 Å². The highest BCUT2D eigenvalue weighted by Crippen LogP contribution is 2.38. The molecular formula is C39H48N4O3. The van der Waals surface area contributed by atoms with E-state index in [1.807, 2.05) is 18.2 Å². The second kappa shape index (κ2) is 11.5. The first kappa shape index (κ1) is 33.1. The van der Waals surface area contributed by atoms with Crippen LogP contribution in [0.5, 0.6) is 5.75 Å². The zero-order valence-electron chi connectivity index (χ0n) is 29.7. The molecule has 0 saturated carbocycles. The molecule has 0 unspecified atom stereocenters. The number of rotatable bonds is 5. The third kappa shape index (κ3) is 7.09. The van der Waals surface area contributed by atoms with Crippen molar-refractivity contribution in [3.8, 4) is 51.6 Å². The van der Waals surface area contributed by atoms with E-state index in [1.54, 1.807) is 7.11 Å². The molecule has 0 fully saturated rings. The van der Waals surface area contributed by atoms with Crippen molar-refractivity contribution in [3.05, 3.63) is 76.9 Å². The van der Waals surface area contributed by atoms with Crippen molar-refractivity contribution in [2.24, 2.45) is 0 Å². The van der Waals surface area contributed by atoms with E-state index in [4.69, 9.17) is 13.6 Å². The molecule has 242 valence electrons. The summed E-state index contributed by atoms with van der Waals surface area (Å²) in [5, 5.41) is 17.8. The third-order valence-electron chi connectivity index (χ3n) is 8.31. The van der Waals surface area contributed by atoms with Gasteiger partial charge in [-0.15, -0.1) is 20.4 Å². The van der Waals surface area contributed by atoms with Crippen LogP contribution in [0.4, 0.5) is 0 Å². The summed E-state index contributed by atoms with van der Waals surface area (Å²) in [6, 6.07) is 18.8. The predicted molar refractivity (Wildman–Crippen MR) is 185 cm³/mol. The van der Waals surface area contributed by atoms with Gasteiger partial charge in [0.2, 0.25) is 23.6 Å². The fraction of sp³-hybridized carbons (Fsp3) is 0.436. The van der Waals surface area contributed by atoms with Crippen molar-refractivity contribution in [1.29, 1.82) is 0 Å². The summed E-state index contributed by atoms with van der Waals surface area (Å²) in [5.41, 5.74) is 7.90. The molecule has 0 bridgehead atoms. The van der Waals surface area contributed by atoms with E-state index in [2.05, 4.69) is 140 Å². The average molecular weight is 621 g/mol. The molecular weight excluding hydrogens is 572 g/mol. The van der Waals surface area contributed by atoms with Crippen LogP contribution in [0, 0.1) is 0 Å². The Morgan fingerprint density at radius 2 is 0.652 bits per heavy atom. The van der Waals surface area contributed by atoms with Crippen LogP contribution in [0.1, 0.15) is 105 Å². The molecule has 0 atom stereocenters. The number of hydrogen-bond acceptors (Lipinski definition) is 7. The molecule has 46 heavy (non-hydrogen) atoms. The number of benzene rings is 3. The van der Waals surface area contributed by atoms with Crippen molar-refractivity contribution < 1.29 is 13.6 Å². The lowest BCUT2D eigenvalue weighted by Crippen LogP contribution is -2.16. The Morgan fingerprint density at radius 3 is 0.891 bits per heavy atom. The molecule has 2 aromatic heterocycles. The minimum Gasteiger partial charge on any atom is -0.497 e. The molecule has 0 spiro atoms. The number of nitrogens with zero attached hydrogens (tertiary/aromatic N) is 4. The Balaban J connectivity index is 1.54. The topological polar surface area (TPSA) is 87.1 Å². The highest BCUT2D eigenvalue weighted by Gasteiger charge is 2.25. The van der Waals surface area contributed by atoms with Crippen LogP contribution < -0.4 is 4.74 Å². The second-order valence-corrected chi connectivity index (χ2v) is 16.4. The normalized spacial score (nSPS) is 12.9. The summed E-state index contributed by atoms with van der Waals surface area (Å²) in [4.78, 5) is 0. The first-order valence-electron chi connectivity index (χ1n) is 15.9. The number of hydrogen-bond donors (Lipinski definition) is 0. The summed E-state index contributed by atoms with van der Waals surface area (Å²) in [6.07, 6.45) is 0. The molecule has 0 amide bonds. The monoisotopic (exact) mass is 620 g/mol. The van der Waals surface area contributed by atoms with E-state index in [1.165, 1.54) is 22.3 Å². The Labute approximate surface area is 273 Å². The molecule has 7 nitrogen and oxygen atoms in total. The van der Waals surface area contributed by atoms with Gasteiger partial charge >= 0.3 is 0 Å². The molecule has 7 heteroatoms. The molecule has 2 heterocycles. The van der Waals surface area contributed by atoms with Gasteiger partial charge in [-0.2, -0.15) is 0 Å². The SMILES string of the molecule is COc1cc(-c2nnc(-c3cc(C(C)(C)C)cc(C(C)(C)C)c3)o2)cc(-c2nnc(-c3cc(C(C)(C)C)cc(C(C)(C)C)c3)o2)c1. The highest BCUT2D eigenvalue weighted by atomic mass is 16.5. The number of aromatic nitrogens is 4. The van der Waals surface area contributed by atoms with E-state index in [9.17, 15) is 0 Å². The van der Waals surface area contributed by atoms with Crippen molar-refractivity contribution >= 4 is 0 Å². The Bertz CT molecular complexity index is 1670. The lowest BCUT2D eigenvalue weighted by Gasteiger charge is -2.25. The van der Waals surface area contributed by atoms with Crippen LogP contribution in [0.2, 0.25) is 0 Å². The highest BCUT2D eigenvalue weighted by molar-refractivity contribution is 5.69. The zero-order chi connectivity index (χ0) is 33.8. The maximum absolute atomic E-state index is 6.30. The molecule has 0 N–H and O–H groups in total. The van der Waals surface area contributed by atoms with Crippen LogP contribution in [-0.2, 0) is 21.7 Å². The second-order valence-electron chi connectivity index (χ2n) is 16.4. The molecule has 3 aromatic carbocycles. The van der Waals surface area contributed by atoms with E-state index in [0.29, 0.717) is 40.4 Å². The van der Waals surface area contributed by atoms with Gasteiger partial charge in [-0.05, 0) is 86.4 Å². The van der Waals surface area contributed by atoms with Gasteiger partial charge in [0, 0.05) is 22.3 Å². The first-order chi connectivity index (χ1) is 21.2. The van der Waals surface area contributed by atoms with Gasteiger partial charge in [-0.1, -0.05) is 95.2 Å². The molecule has 0 aliphatic rings. The minimum atomic E-state index is -0.0358. The first-order valence-corrected chi connectivity index (χ1v) is 15.9. The smallest absolute Gasteiger partial charge is 0.248 e. The Kier molecular flexibility index (Phi) is 8.29. The van der Waals surface area contributed by atoms with E-state index < -0.39 is 0 Å². The quantitative estimate of drug-likeness (QED) is 0.193. The summed E-state index contributed by atoms with van der Waals surface area (Å²) in [6.45, 7) is 26.5. The van der Waals surface area contributed by atoms with Crippen molar-refractivity contribution in [3.63, 3.8) is 0 Å². The predicted octanol–water partition coefficient (Wildman–Crippen LogP) is 10.3. The number of ether oxygens (including phenoxy) is 1. The van der Waals surface area contributed by atoms with Crippen LogP contribution in [0.25, 0.3) is 45.8 Å². The van der Waals surface area contributed by atoms with Crippen molar-refractivity contribution in [2.75, 3.05) is 7.11 Å². The maximum atomic E-state index is 6.30. The molecule has 5 rings (SSSR count). The number of methoxy groups -OCH3 is 1. The molecule has 5 aromatic rings. The minimum absolute atomic E-state index is 0.0358. The summed E-state index contributed by atoms with van der Waals surface area (Å²) in [5.74, 6) is 2.29. The lowest BCUT2D eigenvalue weighted by molar-refractivity contribution is 0.414. The molecule has 0 radical (unpaired) electrons. The average Bonchev–Trinajstić information content (AvgIpc) is 3.66. The third-order valence-corrected chi connectivity index (χ3v) is 8.31. The summed E-state index contributed by atoms with van der Waals surface area (Å²) in [7, 11) is 1.62. The van der Waals surface area contributed by atoms with Gasteiger partial charge in [0.05, 0.1) is 7.11 Å². The Hall–Kier alpha value is -4.26. The standard InChI is InChI=1S/C39H48N4O3/c1-36(2,3)27-15-25(16-28(21-27)37(4,5)6)34-42-40-32(45-34)23-14-24(20-31(19-23)44-13)33-41-43-35(46-33)26-17-29(38(7,8)9)22-30(18-26)39(10,11)12/h14-22H,1-13H3. The van der Waals surface area contributed by atoms with Crippen LogP contribution >= 0.6 is 0 Å². The summed E-state index contributed by atoms with van der Waals surface area (Å²) >= 11 is 0. The van der Waals surface area contributed by atoms with Crippen LogP contribution in [0.15, 0.2) is 63.4 Å². The van der Waals surface area contributed by atoms with E-state index in [-0.39, 0.29) is 21.7 Å².